The van der Waals surface area contributed by atoms with Gasteiger partial charge in [-0.1, -0.05) is 12.1 Å². The molecule has 7 nitrogen and oxygen atoms in total. The van der Waals surface area contributed by atoms with Gasteiger partial charge in [-0.3, -0.25) is 19.3 Å². The van der Waals surface area contributed by atoms with Crippen LogP contribution in [0.15, 0.2) is 18.2 Å². The highest BCUT2D eigenvalue weighted by atomic mass is 16.5. The normalized spacial score (nSPS) is 28.4. The first-order valence-corrected chi connectivity index (χ1v) is 10.2. The largest absolute Gasteiger partial charge is 0.454 e. The Hall–Kier alpha value is -2.70. The van der Waals surface area contributed by atoms with Gasteiger partial charge in [0.1, 0.15) is 6.04 Å². The standard InChI is InChI=1S/C22H26N2O5/c1-11-5-4-6-16(12(11)2)23-17(25)10-29-22(28)13(3)24-20(26)18-14-7-8-15(9-14)19(18)21(24)27/h4-6,13-15,18-19H,7-10H2,1-3H3,(H,23,25)/t13-,14-,15+,18-,19+/m0/s1. The Balaban J connectivity index is 1.35. The maximum atomic E-state index is 12.8. The fourth-order valence-electron chi connectivity index (χ4n) is 5.25. The predicted octanol–water partition coefficient (Wildman–Crippen LogP) is 2.20. The maximum Gasteiger partial charge on any atom is 0.329 e. The summed E-state index contributed by atoms with van der Waals surface area (Å²) >= 11 is 0. The highest BCUT2D eigenvalue weighted by molar-refractivity contribution is 6.08. The fraction of sp³-hybridized carbons (Fsp3) is 0.545. The Morgan fingerprint density at radius 3 is 2.38 bits per heavy atom. The number of amides is 3. The lowest BCUT2D eigenvalue weighted by Gasteiger charge is -2.23. The van der Waals surface area contributed by atoms with Gasteiger partial charge >= 0.3 is 5.97 Å². The average Bonchev–Trinajstić information content (AvgIpc) is 3.37. The molecule has 154 valence electrons. The maximum absolute atomic E-state index is 12.8. The lowest BCUT2D eigenvalue weighted by Crippen LogP contribution is -2.45. The molecule has 0 spiro atoms. The number of carbonyl (C=O) groups excluding carboxylic acids is 4. The van der Waals surface area contributed by atoms with Gasteiger partial charge in [-0.15, -0.1) is 0 Å². The Labute approximate surface area is 169 Å². The smallest absolute Gasteiger partial charge is 0.329 e. The van der Waals surface area contributed by atoms with Gasteiger partial charge < -0.3 is 10.1 Å². The molecule has 2 bridgehead atoms. The second-order valence-corrected chi connectivity index (χ2v) is 8.51. The molecule has 7 heteroatoms. The molecule has 3 amide bonds. The summed E-state index contributed by atoms with van der Waals surface area (Å²) < 4.78 is 5.11. The van der Waals surface area contributed by atoms with E-state index in [9.17, 15) is 19.2 Å². The van der Waals surface area contributed by atoms with Crippen molar-refractivity contribution in [1.82, 2.24) is 4.90 Å². The molecule has 1 aromatic carbocycles. The monoisotopic (exact) mass is 398 g/mol. The first-order chi connectivity index (χ1) is 13.8. The molecule has 1 N–H and O–H groups in total. The third-order valence-electron chi connectivity index (χ3n) is 6.91. The van der Waals surface area contributed by atoms with Crippen molar-refractivity contribution in [2.75, 3.05) is 11.9 Å². The number of fused-ring (bicyclic) bond motifs is 5. The molecular formula is C22H26N2O5. The van der Waals surface area contributed by atoms with E-state index in [1.807, 2.05) is 26.0 Å². The molecule has 0 aromatic heterocycles. The summed E-state index contributed by atoms with van der Waals surface area (Å²) in [5.74, 6) is -1.74. The second kappa shape index (κ2) is 7.28. The van der Waals surface area contributed by atoms with Gasteiger partial charge in [0, 0.05) is 5.69 Å². The Morgan fingerprint density at radius 1 is 1.14 bits per heavy atom. The van der Waals surface area contributed by atoms with Gasteiger partial charge in [0.2, 0.25) is 11.8 Å². The molecule has 0 unspecified atom stereocenters. The van der Waals surface area contributed by atoms with Crippen molar-refractivity contribution in [2.24, 2.45) is 23.7 Å². The van der Waals surface area contributed by atoms with Gasteiger partial charge in [-0.05, 0) is 69.1 Å². The Bertz CT molecular complexity index is 867. The zero-order chi connectivity index (χ0) is 20.9. The van der Waals surface area contributed by atoms with Gasteiger partial charge in [-0.25, -0.2) is 4.79 Å². The number of rotatable bonds is 5. The molecule has 1 heterocycles. The number of ether oxygens (including phenoxy) is 1. The highest BCUT2D eigenvalue weighted by Gasteiger charge is 2.62. The molecule has 29 heavy (non-hydrogen) atoms. The van der Waals surface area contributed by atoms with Crippen LogP contribution in [0.2, 0.25) is 0 Å². The van der Waals surface area contributed by atoms with Crippen molar-refractivity contribution in [2.45, 2.75) is 46.1 Å². The molecule has 5 atom stereocenters. The van der Waals surface area contributed by atoms with Crippen LogP contribution >= 0.6 is 0 Å². The summed E-state index contributed by atoms with van der Waals surface area (Å²) in [4.78, 5) is 51.3. The van der Waals surface area contributed by atoms with Crippen LogP contribution in [-0.4, -0.2) is 41.2 Å². The summed E-state index contributed by atoms with van der Waals surface area (Å²) in [7, 11) is 0. The number of likely N-dealkylation sites (tertiary alicyclic amines) is 1. The summed E-state index contributed by atoms with van der Waals surface area (Å²) in [5.41, 5.74) is 2.64. The minimum atomic E-state index is -1.02. The molecule has 3 fully saturated rings. The molecule has 3 aliphatic rings. The number of carbonyl (C=O) groups is 4. The number of nitrogens with one attached hydrogen (secondary N) is 1. The van der Waals surface area contributed by atoms with Gasteiger partial charge in [0.05, 0.1) is 11.8 Å². The molecule has 4 rings (SSSR count). The van der Waals surface area contributed by atoms with E-state index >= 15 is 0 Å². The van der Waals surface area contributed by atoms with Crippen LogP contribution in [0, 0.1) is 37.5 Å². The first-order valence-electron chi connectivity index (χ1n) is 10.2. The van der Waals surface area contributed by atoms with Crippen molar-refractivity contribution in [1.29, 1.82) is 0 Å². The van der Waals surface area contributed by atoms with E-state index in [4.69, 9.17) is 4.74 Å². The summed E-state index contributed by atoms with van der Waals surface area (Å²) in [6.07, 6.45) is 2.91. The molecule has 1 saturated heterocycles. The van der Waals surface area contributed by atoms with E-state index in [-0.39, 0.29) is 35.5 Å². The van der Waals surface area contributed by atoms with Gasteiger partial charge in [0.25, 0.3) is 5.91 Å². The number of aryl methyl sites for hydroxylation is 1. The van der Waals surface area contributed by atoms with Crippen LogP contribution in [-0.2, 0) is 23.9 Å². The number of imide groups is 1. The van der Waals surface area contributed by atoms with E-state index in [2.05, 4.69) is 5.32 Å². The topological polar surface area (TPSA) is 92.8 Å². The average molecular weight is 398 g/mol. The highest BCUT2D eigenvalue weighted by Crippen LogP contribution is 2.56. The van der Waals surface area contributed by atoms with E-state index in [1.165, 1.54) is 6.92 Å². The van der Waals surface area contributed by atoms with Crippen molar-refractivity contribution >= 4 is 29.4 Å². The molecular weight excluding hydrogens is 372 g/mol. The van der Waals surface area contributed by atoms with E-state index in [1.54, 1.807) is 6.07 Å². The number of esters is 1. The van der Waals surface area contributed by atoms with E-state index in [0.717, 1.165) is 35.3 Å². The quantitative estimate of drug-likeness (QED) is 0.606. The number of anilines is 1. The summed E-state index contributed by atoms with van der Waals surface area (Å²) in [6.45, 7) is 4.86. The molecule has 2 saturated carbocycles. The third-order valence-corrected chi connectivity index (χ3v) is 6.91. The van der Waals surface area contributed by atoms with Crippen molar-refractivity contribution in [3.63, 3.8) is 0 Å². The fourth-order valence-corrected chi connectivity index (χ4v) is 5.25. The first kappa shape index (κ1) is 19.6. The van der Waals surface area contributed by atoms with Crippen molar-refractivity contribution in [3.8, 4) is 0 Å². The Kier molecular flexibility index (Phi) is 4.92. The van der Waals surface area contributed by atoms with Crippen LogP contribution in [0.4, 0.5) is 5.69 Å². The zero-order valence-corrected chi connectivity index (χ0v) is 16.9. The van der Waals surface area contributed by atoms with Crippen molar-refractivity contribution in [3.05, 3.63) is 29.3 Å². The third kappa shape index (κ3) is 3.22. The van der Waals surface area contributed by atoms with Crippen LogP contribution < -0.4 is 5.32 Å². The van der Waals surface area contributed by atoms with Crippen molar-refractivity contribution < 1.29 is 23.9 Å². The van der Waals surface area contributed by atoms with E-state index < -0.39 is 24.5 Å². The summed E-state index contributed by atoms with van der Waals surface area (Å²) in [5, 5.41) is 2.72. The molecule has 2 aliphatic carbocycles. The zero-order valence-electron chi connectivity index (χ0n) is 16.9. The number of hydrogen-bond donors (Lipinski definition) is 1. The Morgan fingerprint density at radius 2 is 1.76 bits per heavy atom. The lowest BCUT2D eigenvalue weighted by molar-refractivity contribution is -0.159. The van der Waals surface area contributed by atoms with Crippen LogP contribution in [0.5, 0.6) is 0 Å². The molecule has 0 radical (unpaired) electrons. The predicted molar refractivity (Wildman–Crippen MR) is 105 cm³/mol. The SMILES string of the molecule is Cc1cccc(NC(=O)COC(=O)[C@H](C)N2C(=O)[C@@H]3[C@@H]4CC[C@@H](C4)[C@@H]3C2=O)c1C. The number of hydrogen-bond acceptors (Lipinski definition) is 5. The van der Waals surface area contributed by atoms with E-state index in [0.29, 0.717) is 5.69 Å². The van der Waals surface area contributed by atoms with Crippen LogP contribution in [0.3, 0.4) is 0 Å². The molecule has 1 aromatic rings. The van der Waals surface area contributed by atoms with Gasteiger partial charge in [0.15, 0.2) is 6.61 Å². The summed E-state index contributed by atoms with van der Waals surface area (Å²) in [6, 6.07) is 4.53. The van der Waals surface area contributed by atoms with Crippen LogP contribution in [0.1, 0.15) is 37.3 Å². The minimum absolute atomic E-state index is 0.253. The minimum Gasteiger partial charge on any atom is -0.454 e. The van der Waals surface area contributed by atoms with Gasteiger partial charge in [-0.2, -0.15) is 0 Å². The number of benzene rings is 1. The molecule has 1 aliphatic heterocycles. The van der Waals surface area contributed by atoms with Crippen LogP contribution in [0.25, 0.3) is 0 Å². The second-order valence-electron chi connectivity index (χ2n) is 8.51. The lowest BCUT2D eigenvalue weighted by atomic mass is 9.81. The number of nitrogens with zero attached hydrogens (tertiary/aromatic N) is 1.